The van der Waals surface area contributed by atoms with Gasteiger partial charge >= 0.3 is 11.9 Å². The highest BCUT2D eigenvalue weighted by atomic mass is 16.7. The third-order valence-electron chi connectivity index (χ3n) is 10.5. The fourth-order valence-electron chi connectivity index (χ4n) is 9.06. The van der Waals surface area contributed by atoms with E-state index in [4.69, 9.17) is 14.2 Å². The van der Waals surface area contributed by atoms with E-state index in [0.29, 0.717) is 19.3 Å². The molecule has 6 aliphatic rings. The number of hydrogen-bond acceptors (Lipinski definition) is 11. The number of rotatable bonds is 3. The molecule has 0 aromatic heterocycles. The van der Waals surface area contributed by atoms with Crippen LogP contribution in [0.1, 0.15) is 39.0 Å². The van der Waals surface area contributed by atoms with E-state index in [0.717, 1.165) is 12.0 Å². The summed E-state index contributed by atoms with van der Waals surface area (Å²) in [5.74, 6) is -3.22. The third-order valence-corrected chi connectivity index (χ3v) is 10.5. The Kier molecular flexibility index (Phi) is 5.30. The van der Waals surface area contributed by atoms with Gasteiger partial charge in [-0.05, 0) is 43.9 Å². The number of carbonyl (C=O) groups excluding carboxylic acids is 2. The van der Waals surface area contributed by atoms with Gasteiger partial charge in [0.25, 0.3) is 0 Å². The van der Waals surface area contributed by atoms with Crippen LogP contribution in [-0.2, 0) is 23.8 Å². The van der Waals surface area contributed by atoms with Crippen LogP contribution in [0.5, 0.6) is 0 Å². The second kappa shape index (κ2) is 7.72. The van der Waals surface area contributed by atoms with Crippen molar-refractivity contribution in [2.75, 3.05) is 6.61 Å². The number of aliphatic hydroxyl groups is 6. The van der Waals surface area contributed by atoms with Gasteiger partial charge in [-0.15, -0.1) is 0 Å². The van der Waals surface area contributed by atoms with Crippen molar-refractivity contribution in [1.29, 1.82) is 0 Å². The lowest BCUT2D eigenvalue weighted by atomic mass is 9.58. The Labute approximate surface area is 207 Å². The zero-order valence-electron chi connectivity index (χ0n) is 20.0. The van der Waals surface area contributed by atoms with Crippen LogP contribution in [-0.4, -0.2) is 97.7 Å². The molecule has 0 aromatic carbocycles. The van der Waals surface area contributed by atoms with Gasteiger partial charge in [0.05, 0.1) is 24.7 Å². The number of fused-ring (bicyclic) bond motifs is 1. The lowest BCUT2D eigenvalue weighted by Gasteiger charge is -2.46. The monoisotopic (exact) mass is 510 g/mol. The van der Waals surface area contributed by atoms with Gasteiger partial charge in [0.1, 0.15) is 35.4 Å². The standard InChI is InChI=1S/C25H34O11/c1-9-5-24-6-10(9)3-4-13(24)25-7-11(27)19(31)23(2,22(33)36-25)18(25)14(24)20(32)35-21-17(30)16(29)15(28)12(8-26)34-21/h10-19,21,26-31H,1,3-8H2,2H3/t10-,11+,12-,13-,14-,15-,16+,17-,18-,19+,21+,23+,24+,25-/m1/s1. The molecule has 11 nitrogen and oxygen atoms in total. The fourth-order valence-corrected chi connectivity index (χ4v) is 9.06. The van der Waals surface area contributed by atoms with Crippen molar-refractivity contribution < 1.29 is 54.4 Å². The molecule has 1 spiro atoms. The summed E-state index contributed by atoms with van der Waals surface area (Å²) in [5, 5.41) is 62.0. The van der Waals surface area contributed by atoms with Gasteiger partial charge in [-0.1, -0.05) is 12.2 Å². The first-order chi connectivity index (χ1) is 16.9. The molecular weight excluding hydrogens is 476 g/mol. The van der Waals surface area contributed by atoms with E-state index in [-0.39, 0.29) is 18.3 Å². The molecule has 2 heterocycles. The summed E-state index contributed by atoms with van der Waals surface area (Å²) in [5.41, 5.74) is -2.38. The maximum absolute atomic E-state index is 14.0. The second-order valence-electron chi connectivity index (χ2n) is 12.0. The first-order valence-corrected chi connectivity index (χ1v) is 12.7. The molecule has 0 amide bonds. The molecule has 0 aromatic rings. The lowest BCUT2D eigenvalue weighted by molar-refractivity contribution is -0.295. The molecule has 4 aliphatic carbocycles. The number of allylic oxidation sites excluding steroid dienone is 1. The van der Waals surface area contributed by atoms with Gasteiger partial charge in [-0.25, -0.2) is 0 Å². The summed E-state index contributed by atoms with van der Waals surface area (Å²) in [7, 11) is 0. The fraction of sp³-hybridized carbons (Fsp3) is 0.840. The molecule has 6 rings (SSSR count). The average Bonchev–Trinajstić information content (AvgIpc) is 3.30. The van der Waals surface area contributed by atoms with Crippen molar-refractivity contribution in [2.24, 2.45) is 34.5 Å². The summed E-state index contributed by atoms with van der Waals surface area (Å²) in [6.07, 6.45) is -8.01. The van der Waals surface area contributed by atoms with E-state index in [1.54, 1.807) is 0 Å². The van der Waals surface area contributed by atoms with Gasteiger partial charge in [-0.3, -0.25) is 9.59 Å². The molecule has 6 fully saturated rings. The molecule has 14 atom stereocenters. The minimum Gasteiger partial charge on any atom is -0.458 e. The third kappa shape index (κ3) is 2.77. The Bertz CT molecular complexity index is 998. The number of carbonyl (C=O) groups is 2. The smallest absolute Gasteiger partial charge is 0.315 e. The number of hydrogen-bond donors (Lipinski definition) is 6. The molecule has 200 valence electrons. The predicted molar refractivity (Wildman–Crippen MR) is 117 cm³/mol. The highest BCUT2D eigenvalue weighted by Crippen LogP contribution is 2.78. The van der Waals surface area contributed by atoms with Crippen LogP contribution in [0.4, 0.5) is 0 Å². The van der Waals surface area contributed by atoms with Crippen molar-refractivity contribution in [3.63, 3.8) is 0 Å². The van der Waals surface area contributed by atoms with Gasteiger partial charge in [0.15, 0.2) is 0 Å². The van der Waals surface area contributed by atoms with E-state index in [9.17, 15) is 40.2 Å². The molecular formula is C25H34O11. The molecule has 2 aliphatic heterocycles. The summed E-state index contributed by atoms with van der Waals surface area (Å²) in [6.45, 7) is 5.09. The summed E-state index contributed by atoms with van der Waals surface area (Å²) in [6, 6.07) is 0. The van der Waals surface area contributed by atoms with Crippen LogP contribution in [0.2, 0.25) is 0 Å². The van der Waals surface area contributed by atoms with Crippen LogP contribution in [0.25, 0.3) is 0 Å². The number of esters is 2. The van der Waals surface area contributed by atoms with Gasteiger partial charge in [0, 0.05) is 18.3 Å². The Morgan fingerprint density at radius 1 is 1.11 bits per heavy atom. The van der Waals surface area contributed by atoms with Gasteiger partial charge < -0.3 is 44.8 Å². The molecule has 11 heteroatoms. The minimum atomic E-state index is -1.77. The Morgan fingerprint density at radius 3 is 2.53 bits per heavy atom. The summed E-state index contributed by atoms with van der Waals surface area (Å²) in [4.78, 5) is 27.3. The van der Waals surface area contributed by atoms with Gasteiger partial charge in [0.2, 0.25) is 6.29 Å². The van der Waals surface area contributed by atoms with Gasteiger partial charge in [-0.2, -0.15) is 0 Å². The zero-order chi connectivity index (χ0) is 25.9. The summed E-state index contributed by atoms with van der Waals surface area (Å²) < 4.78 is 17.1. The van der Waals surface area contributed by atoms with E-state index < -0.39 is 89.7 Å². The van der Waals surface area contributed by atoms with Crippen molar-refractivity contribution in [3.05, 3.63) is 12.2 Å². The highest BCUT2D eigenvalue weighted by molar-refractivity contribution is 5.86. The van der Waals surface area contributed by atoms with E-state index >= 15 is 0 Å². The molecule has 6 N–H and O–H groups in total. The molecule has 4 saturated carbocycles. The first kappa shape index (κ1) is 24.7. The SMILES string of the molecule is C=C1C[C@]23C[C@H]1CC[C@H]2[C@@]12C[C@H](O)[C@H](O)[C@@](C)(C(=O)O1)[C@H]2[C@@H]3C(=O)O[C@@H]1O[C@H](CO)[C@@H](O)[C@H](O)[C@H]1O. The van der Waals surface area contributed by atoms with Crippen LogP contribution in [0.15, 0.2) is 12.2 Å². The Balaban J connectivity index is 1.42. The first-order valence-electron chi connectivity index (χ1n) is 12.7. The van der Waals surface area contributed by atoms with Crippen molar-refractivity contribution in [3.8, 4) is 0 Å². The number of ether oxygens (including phenoxy) is 3. The summed E-state index contributed by atoms with van der Waals surface area (Å²) >= 11 is 0. The maximum Gasteiger partial charge on any atom is 0.315 e. The van der Waals surface area contributed by atoms with Crippen molar-refractivity contribution >= 4 is 11.9 Å². The predicted octanol–water partition coefficient (Wildman–Crippen LogP) is -1.63. The van der Waals surface area contributed by atoms with Crippen LogP contribution < -0.4 is 0 Å². The molecule has 36 heavy (non-hydrogen) atoms. The number of aliphatic hydroxyl groups excluding tert-OH is 6. The highest BCUT2D eigenvalue weighted by Gasteiger charge is 2.84. The van der Waals surface area contributed by atoms with Crippen molar-refractivity contribution in [2.45, 2.75) is 87.5 Å². The Hall–Kier alpha value is -1.60. The zero-order valence-corrected chi connectivity index (χ0v) is 20.0. The molecule has 2 saturated heterocycles. The lowest BCUT2D eigenvalue weighted by Crippen LogP contribution is -2.61. The molecule has 0 radical (unpaired) electrons. The van der Waals surface area contributed by atoms with E-state index in [1.165, 1.54) is 6.92 Å². The van der Waals surface area contributed by atoms with Crippen molar-refractivity contribution in [1.82, 2.24) is 0 Å². The largest absolute Gasteiger partial charge is 0.458 e. The van der Waals surface area contributed by atoms with E-state index in [1.807, 2.05) is 0 Å². The minimum absolute atomic E-state index is 0.00749. The van der Waals surface area contributed by atoms with E-state index in [2.05, 4.69) is 6.58 Å². The molecule has 0 unspecified atom stereocenters. The average molecular weight is 511 g/mol. The quantitative estimate of drug-likeness (QED) is 0.189. The Morgan fingerprint density at radius 2 is 1.83 bits per heavy atom. The maximum atomic E-state index is 14.0. The van der Waals surface area contributed by atoms with Crippen LogP contribution >= 0.6 is 0 Å². The topological polar surface area (TPSA) is 183 Å². The molecule has 4 bridgehead atoms. The van der Waals surface area contributed by atoms with Crippen LogP contribution in [0, 0.1) is 34.5 Å². The second-order valence-corrected chi connectivity index (χ2v) is 12.0. The van der Waals surface area contributed by atoms with Crippen LogP contribution in [0.3, 0.4) is 0 Å². The normalized spacial score (nSPS) is 57.2.